The number of aromatic amines is 1. The van der Waals surface area contributed by atoms with E-state index in [-0.39, 0.29) is 24.2 Å². The van der Waals surface area contributed by atoms with Crippen molar-refractivity contribution in [2.75, 3.05) is 6.54 Å². The average Bonchev–Trinajstić information content (AvgIpc) is 2.71. The monoisotopic (exact) mass is 267 g/mol. The van der Waals surface area contributed by atoms with Crippen LogP contribution in [0.15, 0.2) is 17.3 Å². The fraction of sp³-hybridized carbons (Fsp3) is 0.417. The van der Waals surface area contributed by atoms with Crippen LogP contribution >= 0.6 is 12.4 Å². The summed E-state index contributed by atoms with van der Waals surface area (Å²) < 4.78 is 0. The van der Waals surface area contributed by atoms with Crippen molar-refractivity contribution in [3.8, 4) is 0 Å². The summed E-state index contributed by atoms with van der Waals surface area (Å²) in [7, 11) is 0. The van der Waals surface area contributed by atoms with Crippen LogP contribution < -0.4 is 0 Å². The van der Waals surface area contributed by atoms with Crippen molar-refractivity contribution in [1.82, 2.24) is 10.2 Å². The molecule has 1 aromatic heterocycles. The summed E-state index contributed by atoms with van der Waals surface area (Å²) in [5.74, 6) is -0.876. The predicted molar refractivity (Wildman–Crippen MR) is 70.1 cm³/mol. The van der Waals surface area contributed by atoms with Crippen molar-refractivity contribution in [1.29, 1.82) is 0 Å². The number of hydrogen-bond donors (Lipinski definition) is 2. The summed E-state index contributed by atoms with van der Waals surface area (Å²) in [6, 6.07) is 0. The van der Waals surface area contributed by atoms with Gasteiger partial charge in [0.2, 0.25) is 0 Å². The maximum atomic E-state index is 11.0. The molecule has 2 N–H and O–H groups in total. The van der Waals surface area contributed by atoms with E-state index in [1.54, 1.807) is 6.20 Å². The summed E-state index contributed by atoms with van der Waals surface area (Å²) in [6.07, 6.45) is 7.36. The van der Waals surface area contributed by atoms with E-state index in [1.165, 1.54) is 0 Å². The van der Waals surface area contributed by atoms with E-state index in [4.69, 9.17) is 5.11 Å². The average molecular weight is 268 g/mol. The third kappa shape index (κ3) is 2.06. The van der Waals surface area contributed by atoms with Gasteiger partial charge in [-0.05, 0) is 18.9 Å². The number of aliphatic imine (C=N–C) groups is 1. The first-order valence-electron chi connectivity index (χ1n) is 5.73. The molecule has 6 heteroatoms. The van der Waals surface area contributed by atoms with E-state index in [0.717, 1.165) is 23.4 Å². The molecule has 2 unspecified atom stereocenters. The fourth-order valence-electron chi connectivity index (χ4n) is 2.54. The van der Waals surface area contributed by atoms with Crippen molar-refractivity contribution in [3.05, 3.63) is 23.5 Å². The maximum absolute atomic E-state index is 11.0. The van der Waals surface area contributed by atoms with E-state index in [1.807, 2.05) is 6.08 Å². The Balaban J connectivity index is 0.00000120. The number of halogens is 1. The van der Waals surface area contributed by atoms with Crippen LogP contribution in [-0.2, 0) is 4.79 Å². The number of hydrogen-bond acceptors (Lipinski definition) is 3. The van der Waals surface area contributed by atoms with Crippen molar-refractivity contribution in [2.45, 2.75) is 12.8 Å². The number of nitrogens with zero attached hydrogens (tertiary/aromatic N) is 2. The lowest BCUT2D eigenvalue weighted by Crippen LogP contribution is -2.30. The Morgan fingerprint density at radius 1 is 1.50 bits per heavy atom. The van der Waals surface area contributed by atoms with Gasteiger partial charge in [-0.15, -0.1) is 12.4 Å². The number of allylic oxidation sites excluding steroid dienone is 1. The molecule has 1 aliphatic carbocycles. The van der Waals surface area contributed by atoms with Crippen LogP contribution in [0.1, 0.15) is 24.1 Å². The number of H-pyrrole nitrogens is 1. The summed E-state index contributed by atoms with van der Waals surface area (Å²) in [5.41, 5.74) is 3.00. The Morgan fingerprint density at radius 2 is 2.33 bits per heavy atom. The molecule has 0 saturated carbocycles. The predicted octanol–water partition coefficient (Wildman–Crippen LogP) is 1.76. The summed E-state index contributed by atoms with van der Waals surface area (Å²) in [6.45, 7) is 0.381. The number of aliphatic carboxylic acids is 1. The minimum Gasteiger partial charge on any atom is -0.481 e. The first kappa shape index (κ1) is 12.8. The second-order valence-electron chi connectivity index (χ2n) is 4.53. The highest BCUT2D eigenvalue weighted by molar-refractivity contribution is 6.05. The van der Waals surface area contributed by atoms with E-state index < -0.39 is 5.97 Å². The van der Waals surface area contributed by atoms with Gasteiger partial charge in [-0.25, -0.2) is 0 Å². The molecule has 3 rings (SSSR count). The highest BCUT2D eigenvalue weighted by Gasteiger charge is 2.32. The highest BCUT2D eigenvalue weighted by atomic mass is 35.5. The molecule has 1 aromatic rings. The van der Waals surface area contributed by atoms with Gasteiger partial charge in [0.15, 0.2) is 0 Å². The third-order valence-corrected chi connectivity index (χ3v) is 3.44. The first-order chi connectivity index (χ1) is 8.25. The third-order valence-electron chi connectivity index (χ3n) is 3.44. The second kappa shape index (κ2) is 4.94. The lowest BCUT2D eigenvalue weighted by atomic mass is 9.84. The molecular formula is C12H14ClN3O2. The zero-order valence-corrected chi connectivity index (χ0v) is 10.5. The maximum Gasteiger partial charge on any atom is 0.308 e. The molecule has 2 aliphatic rings. The molecule has 5 nitrogen and oxygen atoms in total. The van der Waals surface area contributed by atoms with Gasteiger partial charge < -0.3 is 5.11 Å². The minimum atomic E-state index is -0.742. The van der Waals surface area contributed by atoms with Crippen molar-refractivity contribution in [3.63, 3.8) is 0 Å². The van der Waals surface area contributed by atoms with Gasteiger partial charge in [-0.3, -0.25) is 14.9 Å². The molecule has 0 bridgehead atoms. The standard InChI is InChI=1S/C12H13N3O2.ClH/c16-12(17)8-4-7-2-1-3-10-9(6-14-15-10)11(7)13-5-8;/h1,3,6-8H,2,4-5H2,(H,14,15)(H,16,17);1H. The smallest absolute Gasteiger partial charge is 0.308 e. The number of carboxylic acids is 1. The van der Waals surface area contributed by atoms with Gasteiger partial charge in [-0.1, -0.05) is 6.08 Å². The van der Waals surface area contributed by atoms with E-state index in [9.17, 15) is 4.79 Å². The number of carboxylic acid groups (broad SMARTS) is 1. The van der Waals surface area contributed by atoms with Gasteiger partial charge in [0.05, 0.1) is 24.4 Å². The van der Waals surface area contributed by atoms with Crippen LogP contribution in [0.3, 0.4) is 0 Å². The van der Waals surface area contributed by atoms with Crippen molar-refractivity contribution in [2.24, 2.45) is 16.8 Å². The second-order valence-corrected chi connectivity index (χ2v) is 4.53. The normalized spacial score (nSPS) is 25.2. The number of rotatable bonds is 1. The van der Waals surface area contributed by atoms with E-state index in [0.29, 0.717) is 13.0 Å². The van der Waals surface area contributed by atoms with Crippen molar-refractivity contribution >= 4 is 30.2 Å². The lowest BCUT2D eigenvalue weighted by Gasteiger charge is -2.25. The molecule has 0 saturated heterocycles. The zero-order valence-electron chi connectivity index (χ0n) is 9.67. The quantitative estimate of drug-likeness (QED) is 0.814. The molecule has 0 radical (unpaired) electrons. The number of fused-ring (bicyclic) bond motifs is 3. The summed E-state index contributed by atoms with van der Waals surface area (Å²) >= 11 is 0. The fourth-order valence-corrected chi connectivity index (χ4v) is 2.54. The van der Waals surface area contributed by atoms with Gasteiger partial charge in [0.1, 0.15) is 0 Å². The van der Waals surface area contributed by atoms with E-state index >= 15 is 0 Å². The summed E-state index contributed by atoms with van der Waals surface area (Å²) in [4.78, 5) is 15.5. The minimum absolute atomic E-state index is 0. The van der Waals surface area contributed by atoms with Gasteiger partial charge in [0.25, 0.3) is 0 Å². The largest absolute Gasteiger partial charge is 0.481 e. The zero-order chi connectivity index (χ0) is 11.8. The molecule has 2 atom stereocenters. The molecule has 0 fully saturated rings. The lowest BCUT2D eigenvalue weighted by molar-refractivity contribution is -0.141. The van der Waals surface area contributed by atoms with E-state index in [2.05, 4.69) is 21.3 Å². The van der Waals surface area contributed by atoms with Gasteiger partial charge >= 0.3 is 5.97 Å². The molecule has 96 valence electrons. The van der Waals surface area contributed by atoms with Crippen LogP contribution in [0, 0.1) is 11.8 Å². The van der Waals surface area contributed by atoms with Crippen LogP contribution in [0.25, 0.3) is 6.08 Å². The van der Waals surface area contributed by atoms with Crippen LogP contribution in [0.5, 0.6) is 0 Å². The van der Waals surface area contributed by atoms with Crippen LogP contribution in [0.2, 0.25) is 0 Å². The Labute approximate surface area is 110 Å². The Hall–Kier alpha value is -1.62. The number of carbonyl (C=O) groups is 1. The first-order valence-corrected chi connectivity index (χ1v) is 5.73. The Morgan fingerprint density at radius 3 is 3.11 bits per heavy atom. The van der Waals surface area contributed by atoms with Gasteiger partial charge in [-0.2, -0.15) is 5.10 Å². The topological polar surface area (TPSA) is 78.3 Å². The Kier molecular flexibility index (Phi) is 3.52. The molecule has 0 spiro atoms. The Bertz CT molecular complexity index is 521. The number of nitrogens with one attached hydrogen (secondary N) is 1. The number of aromatic nitrogens is 2. The molecule has 2 heterocycles. The molecule has 0 amide bonds. The summed E-state index contributed by atoms with van der Waals surface area (Å²) in [5, 5.41) is 16.0. The SMILES string of the molecule is Cl.O=C(O)C1CN=C2c3cn[nH]c3C=CCC2C1. The molecular weight excluding hydrogens is 254 g/mol. The molecule has 18 heavy (non-hydrogen) atoms. The van der Waals surface area contributed by atoms with Crippen molar-refractivity contribution < 1.29 is 9.90 Å². The molecule has 0 aromatic carbocycles. The molecule has 1 aliphatic heterocycles. The van der Waals surface area contributed by atoms with Crippen LogP contribution in [-0.4, -0.2) is 33.5 Å². The highest BCUT2D eigenvalue weighted by Crippen LogP contribution is 2.30. The van der Waals surface area contributed by atoms with Crippen LogP contribution in [0.4, 0.5) is 0 Å². The van der Waals surface area contributed by atoms with Gasteiger partial charge in [0, 0.05) is 17.2 Å².